The zero-order valence-electron chi connectivity index (χ0n) is 39.7. The van der Waals surface area contributed by atoms with Crippen LogP contribution in [0.5, 0.6) is 0 Å². The molecule has 348 valence electrons. The van der Waals surface area contributed by atoms with Crippen molar-refractivity contribution >= 4 is 17.9 Å². The van der Waals surface area contributed by atoms with Crippen LogP contribution in [0.4, 0.5) is 0 Å². The fraction of sp³-hybridized carbons (Fsp3) is 0.691. The summed E-state index contributed by atoms with van der Waals surface area (Å²) in [7, 11) is 0. The maximum Gasteiger partial charge on any atom is 0.306 e. The van der Waals surface area contributed by atoms with E-state index < -0.39 is 6.10 Å². The molecule has 0 N–H and O–H groups in total. The molecule has 0 aromatic heterocycles. The number of rotatable bonds is 44. The van der Waals surface area contributed by atoms with Crippen LogP contribution in [0.3, 0.4) is 0 Å². The summed E-state index contributed by atoms with van der Waals surface area (Å²) < 4.78 is 16.7. The lowest BCUT2D eigenvalue weighted by molar-refractivity contribution is -0.167. The molecule has 6 heteroatoms. The van der Waals surface area contributed by atoms with Gasteiger partial charge in [-0.05, 0) is 103 Å². The van der Waals surface area contributed by atoms with E-state index in [9.17, 15) is 14.4 Å². The van der Waals surface area contributed by atoms with Gasteiger partial charge in [0.25, 0.3) is 0 Å². The number of unbranched alkanes of at least 4 members (excludes halogenated alkanes) is 19. The predicted octanol–water partition coefficient (Wildman–Crippen LogP) is 16.4. The first-order chi connectivity index (χ1) is 30.0. The van der Waals surface area contributed by atoms with Gasteiger partial charge in [0.1, 0.15) is 13.2 Å². The van der Waals surface area contributed by atoms with Gasteiger partial charge in [-0.3, -0.25) is 14.4 Å². The quantitative estimate of drug-likeness (QED) is 0.0263. The van der Waals surface area contributed by atoms with Gasteiger partial charge in [0.15, 0.2) is 6.10 Å². The van der Waals surface area contributed by atoms with Crippen molar-refractivity contribution in [2.24, 2.45) is 0 Å². The molecule has 0 unspecified atom stereocenters. The fourth-order valence-corrected chi connectivity index (χ4v) is 6.57. The first kappa shape index (κ1) is 57.6. The molecule has 0 aliphatic carbocycles. The molecular weight excluding hydrogens is 757 g/mol. The van der Waals surface area contributed by atoms with Gasteiger partial charge < -0.3 is 14.2 Å². The van der Waals surface area contributed by atoms with E-state index in [1.165, 1.54) is 70.6 Å². The van der Waals surface area contributed by atoms with E-state index in [4.69, 9.17) is 14.2 Å². The molecule has 0 aromatic carbocycles. The second kappa shape index (κ2) is 49.2. The highest BCUT2D eigenvalue weighted by molar-refractivity contribution is 5.71. The third kappa shape index (κ3) is 47.5. The second-order valence-corrected chi connectivity index (χ2v) is 16.3. The maximum absolute atomic E-state index is 12.7. The van der Waals surface area contributed by atoms with Crippen molar-refractivity contribution in [1.29, 1.82) is 0 Å². The molecule has 0 amide bonds. The summed E-state index contributed by atoms with van der Waals surface area (Å²) in [6.45, 7) is 6.40. The Morgan fingerprint density at radius 1 is 0.344 bits per heavy atom. The van der Waals surface area contributed by atoms with E-state index in [1.54, 1.807) is 0 Å². The SMILES string of the molecule is CC/C=C\C/C=C\C/C=C\CCCCCCCC(=O)OC[C@H](COC(=O)CCC/C=C\C/C=C\C/C=C\CCCCCCCC)OC(=O)CCCCCCC/C=C\CCCC. The van der Waals surface area contributed by atoms with E-state index >= 15 is 0 Å². The number of carbonyl (C=O) groups is 3. The van der Waals surface area contributed by atoms with Crippen LogP contribution in [0.1, 0.15) is 226 Å². The van der Waals surface area contributed by atoms with E-state index in [0.717, 1.165) is 109 Å². The zero-order valence-corrected chi connectivity index (χ0v) is 39.7. The van der Waals surface area contributed by atoms with Gasteiger partial charge >= 0.3 is 17.9 Å². The Kier molecular flexibility index (Phi) is 46.5. The van der Waals surface area contributed by atoms with Crippen LogP contribution < -0.4 is 0 Å². The van der Waals surface area contributed by atoms with Gasteiger partial charge in [-0.1, -0.05) is 189 Å². The van der Waals surface area contributed by atoms with Gasteiger partial charge in [-0.25, -0.2) is 0 Å². The molecular formula is C55H92O6. The van der Waals surface area contributed by atoms with Crippen molar-refractivity contribution in [3.8, 4) is 0 Å². The largest absolute Gasteiger partial charge is 0.462 e. The van der Waals surface area contributed by atoms with Crippen LogP contribution in [0.15, 0.2) is 85.1 Å². The highest BCUT2D eigenvalue weighted by Crippen LogP contribution is 2.13. The summed E-state index contributed by atoms with van der Waals surface area (Å²) in [5.74, 6) is -0.989. The van der Waals surface area contributed by atoms with Crippen molar-refractivity contribution < 1.29 is 28.6 Å². The van der Waals surface area contributed by atoms with E-state index in [0.29, 0.717) is 19.3 Å². The van der Waals surface area contributed by atoms with Gasteiger partial charge in [-0.2, -0.15) is 0 Å². The Hall–Kier alpha value is -3.41. The molecule has 0 aromatic rings. The van der Waals surface area contributed by atoms with E-state index in [1.807, 2.05) is 0 Å². The first-order valence-corrected chi connectivity index (χ1v) is 25.1. The Labute approximate surface area is 375 Å². The summed E-state index contributed by atoms with van der Waals surface area (Å²) >= 11 is 0. The van der Waals surface area contributed by atoms with Crippen molar-refractivity contribution in [2.45, 2.75) is 232 Å². The molecule has 0 spiro atoms. The molecule has 1 atom stereocenters. The number of esters is 3. The smallest absolute Gasteiger partial charge is 0.306 e. The molecule has 6 nitrogen and oxygen atoms in total. The Bertz CT molecular complexity index is 1200. The minimum atomic E-state index is -0.807. The second-order valence-electron chi connectivity index (χ2n) is 16.3. The average molecular weight is 849 g/mol. The van der Waals surface area contributed by atoms with Gasteiger partial charge in [0, 0.05) is 19.3 Å². The Balaban J connectivity index is 4.47. The first-order valence-electron chi connectivity index (χ1n) is 25.1. The normalized spacial score (nSPS) is 12.8. The van der Waals surface area contributed by atoms with Crippen molar-refractivity contribution in [3.05, 3.63) is 85.1 Å². The Morgan fingerprint density at radius 3 is 1.13 bits per heavy atom. The molecule has 0 saturated heterocycles. The maximum atomic E-state index is 12.7. The van der Waals surface area contributed by atoms with E-state index in [2.05, 4.69) is 106 Å². The standard InChI is InChI=1S/C55H92O6/c1-4-7-10-13-16-19-22-24-26-27-29-31-34-36-39-42-45-48-54(57)60-51-52(61-55(58)49-46-43-40-37-32-21-18-15-12-9-6-3)50-59-53(56)47-44-41-38-35-33-30-28-25-23-20-17-14-11-8-5-2/h8,11,15,17-18,20,24-26,28-29,31,36,39,52H,4-7,9-10,12-14,16,19,21-23,27,30,32-35,37-38,40-51H2,1-3H3/b11-8-,18-15-,20-17-,26-24-,28-25-,31-29-,39-36-/t52-/m1/s1. The number of hydrogen-bond donors (Lipinski definition) is 0. The van der Waals surface area contributed by atoms with Gasteiger partial charge in [-0.15, -0.1) is 0 Å². The molecule has 61 heavy (non-hydrogen) atoms. The molecule has 0 saturated carbocycles. The van der Waals surface area contributed by atoms with Crippen LogP contribution in [0.2, 0.25) is 0 Å². The van der Waals surface area contributed by atoms with Crippen molar-refractivity contribution in [1.82, 2.24) is 0 Å². The fourth-order valence-electron chi connectivity index (χ4n) is 6.57. The van der Waals surface area contributed by atoms with Gasteiger partial charge in [0.05, 0.1) is 0 Å². The number of carbonyl (C=O) groups excluding carboxylic acids is 3. The van der Waals surface area contributed by atoms with Crippen LogP contribution in [-0.2, 0) is 28.6 Å². The van der Waals surface area contributed by atoms with Crippen molar-refractivity contribution in [2.75, 3.05) is 13.2 Å². The topological polar surface area (TPSA) is 78.9 Å². The number of hydrogen-bond acceptors (Lipinski definition) is 6. The highest BCUT2D eigenvalue weighted by Gasteiger charge is 2.19. The van der Waals surface area contributed by atoms with Crippen LogP contribution >= 0.6 is 0 Å². The average Bonchev–Trinajstić information content (AvgIpc) is 3.26. The van der Waals surface area contributed by atoms with Crippen molar-refractivity contribution in [3.63, 3.8) is 0 Å². The molecule has 0 aliphatic heterocycles. The molecule has 0 heterocycles. The highest BCUT2D eigenvalue weighted by atomic mass is 16.6. The lowest BCUT2D eigenvalue weighted by Gasteiger charge is -2.18. The lowest BCUT2D eigenvalue weighted by atomic mass is 10.1. The Morgan fingerprint density at radius 2 is 0.672 bits per heavy atom. The zero-order chi connectivity index (χ0) is 44.4. The monoisotopic (exact) mass is 849 g/mol. The third-order valence-electron chi connectivity index (χ3n) is 10.4. The van der Waals surface area contributed by atoms with E-state index in [-0.39, 0.29) is 37.5 Å². The molecule has 0 aliphatic rings. The third-order valence-corrected chi connectivity index (χ3v) is 10.4. The molecule has 0 rings (SSSR count). The summed E-state index contributed by atoms with van der Waals surface area (Å²) in [6, 6.07) is 0. The van der Waals surface area contributed by atoms with Crippen LogP contribution in [0.25, 0.3) is 0 Å². The van der Waals surface area contributed by atoms with Crippen LogP contribution in [0, 0.1) is 0 Å². The predicted molar refractivity (Wildman–Crippen MR) is 261 cm³/mol. The number of allylic oxidation sites excluding steroid dienone is 14. The lowest BCUT2D eigenvalue weighted by Crippen LogP contribution is -2.30. The molecule has 0 bridgehead atoms. The summed E-state index contributed by atoms with van der Waals surface area (Å²) in [4.78, 5) is 37.9. The van der Waals surface area contributed by atoms with Crippen LogP contribution in [-0.4, -0.2) is 37.2 Å². The minimum absolute atomic E-state index is 0.105. The number of ether oxygens (including phenoxy) is 3. The summed E-state index contributed by atoms with van der Waals surface area (Å²) in [5.41, 5.74) is 0. The molecule has 0 radical (unpaired) electrons. The summed E-state index contributed by atoms with van der Waals surface area (Å²) in [6.07, 6.45) is 62.9. The molecule has 0 fully saturated rings. The minimum Gasteiger partial charge on any atom is -0.462 e. The summed E-state index contributed by atoms with van der Waals surface area (Å²) in [5, 5.41) is 0. The van der Waals surface area contributed by atoms with Gasteiger partial charge in [0.2, 0.25) is 0 Å².